The molecular weight excluding hydrogens is 764 g/mol. The van der Waals surface area contributed by atoms with E-state index in [0.29, 0.717) is 47.2 Å². The molecule has 0 spiro atoms. The number of furan rings is 1. The number of ether oxygens (including phenoxy) is 2. The van der Waals surface area contributed by atoms with Crippen LogP contribution in [0.1, 0.15) is 43.9 Å². The zero-order valence-electron chi connectivity index (χ0n) is 31.0. The lowest BCUT2D eigenvalue weighted by Gasteiger charge is -2.26. The van der Waals surface area contributed by atoms with Crippen molar-refractivity contribution in [2.75, 3.05) is 14.1 Å². The summed E-state index contributed by atoms with van der Waals surface area (Å²) in [4.78, 5) is 44.1. The van der Waals surface area contributed by atoms with Gasteiger partial charge in [-0.25, -0.2) is 4.99 Å². The Hall–Kier alpha value is -7.08. The van der Waals surface area contributed by atoms with E-state index in [1.165, 1.54) is 54.4 Å². The molecule has 5 N–H and O–H groups in total. The fourth-order valence-corrected chi connectivity index (χ4v) is 6.55. The van der Waals surface area contributed by atoms with Gasteiger partial charge in [-0.3, -0.25) is 19.3 Å². The monoisotopic (exact) mass is 801 g/mol. The number of nitrogens with zero attached hydrogens (tertiary/aromatic N) is 5. The molecule has 300 valence electrons. The van der Waals surface area contributed by atoms with E-state index >= 15 is 0 Å². The van der Waals surface area contributed by atoms with E-state index in [4.69, 9.17) is 16.0 Å². The third-order valence-electron chi connectivity index (χ3n) is 9.39. The number of halogens is 4. The number of aliphatic imine (C=N–C) groups is 1. The number of hydrogen-bond donors (Lipinski definition) is 3. The van der Waals surface area contributed by atoms with Crippen molar-refractivity contribution in [3.05, 3.63) is 155 Å². The molecule has 4 aromatic carbocycles. The molecule has 7 rings (SSSR count). The maximum Gasteiger partial charge on any atom is 0.387 e. The Morgan fingerprint density at radius 1 is 0.776 bits per heavy atom. The van der Waals surface area contributed by atoms with E-state index in [9.17, 15) is 31.9 Å². The molecule has 5 aromatic rings. The Kier molecular flexibility index (Phi) is 11.9. The maximum absolute atomic E-state index is 13.3. The lowest BCUT2D eigenvalue weighted by Crippen LogP contribution is -2.41. The number of hydrogen-bond acceptors (Lipinski definition) is 11. The second-order valence-corrected chi connectivity index (χ2v) is 12.9. The number of carbonyl (C=O) groups excluding carboxylic acids is 3. The van der Waals surface area contributed by atoms with Gasteiger partial charge in [0.05, 0.1) is 19.9 Å². The second-order valence-electron chi connectivity index (χ2n) is 12.9. The summed E-state index contributed by atoms with van der Waals surface area (Å²) in [6, 6.07) is 29.0. The van der Waals surface area contributed by atoms with Crippen LogP contribution in [0.2, 0.25) is 0 Å². The molecule has 14 nitrogen and oxygen atoms in total. The van der Waals surface area contributed by atoms with Gasteiger partial charge >= 0.3 is 19.1 Å². The molecule has 0 saturated heterocycles. The summed E-state index contributed by atoms with van der Waals surface area (Å²) < 4.78 is 63.8. The molecule has 0 radical (unpaired) electrons. The van der Waals surface area contributed by atoms with Gasteiger partial charge < -0.3 is 24.9 Å². The second kappa shape index (κ2) is 17.0. The first-order chi connectivity index (χ1) is 27.8. The highest BCUT2D eigenvalue weighted by Gasteiger charge is 2.57. The Balaban J connectivity index is 0.000000200. The number of amides is 2. The zero-order chi connectivity index (χ0) is 41.6. The first kappa shape index (κ1) is 40.6. The minimum Gasteiger partial charge on any atom is -0.468 e. The number of nitrogens with two attached hydrogens (primary N) is 2. The minimum atomic E-state index is -2.96. The summed E-state index contributed by atoms with van der Waals surface area (Å²) in [7, 11) is 3.00. The summed E-state index contributed by atoms with van der Waals surface area (Å²) in [6.45, 7) is -4.80. The number of benzene rings is 4. The fraction of sp³-hybridized carbons (Fsp3) is 0.200. The van der Waals surface area contributed by atoms with Gasteiger partial charge in [0, 0.05) is 35.4 Å². The number of guanidine groups is 1. The Bertz CT molecular complexity index is 2330. The highest BCUT2D eigenvalue weighted by atomic mass is 19.3. The Labute approximate surface area is 328 Å². The molecule has 2 amide bonds. The summed E-state index contributed by atoms with van der Waals surface area (Å²) in [5.41, 5.74) is 6.27. The Morgan fingerprint density at radius 3 is 1.86 bits per heavy atom. The van der Waals surface area contributed by atoms with Crippen molar-refractivity contribution in [2.24, 2.45) is 21.7 Å². The van der Waals surface area contributed by atoms with Crippen LogP contribution in [0.4, 0.5) is 17.6 Å². The normalized spacial score (nSPS) is 18.9. The van der Waals surface area contributed by atoms with Gasteiger partial charge in [0.2, 0.25) is 0 Å². The summed E-state index contributed by atoms with van der Waals surface area (Å²) in [5, 5.41) is 8.68. The third kappa shape index (κ3) is 8.08. The van der Waals surface area contributed by atoms with Crippen molar-refractivity contribution in [1.29, 1.82) is 0 Å². The molecule has 58 heavy (non-hydrogen) atoms. The SMILES string of the molecule is CN1C(=O)C(c2ccc(OC(F)F)cc2)(c2cccc(C=O)c2)N=[N+]1N.CN1C(=O)C(c2ccc(OC(F)F)cc2)(c2cccc(CNCc3ccco3)c2)N=C1N. The first-order valence-corrected chi connectivity index (χ1v) is 17.5. The number of aldehydes is 1. The van der Waals surface area contributed by atoms with Gasteiger partial charge in [-0.1, -0.05) is 71.7 Å². The van der Waals surface area contributed by atoms with Crippen molar-refractivity contribution >= 4 is 24.1 Å². The van der Waals surface area contributed by atoms with Crippen LogP contribution in [-0.2, 0) is 33.8 Å². The number of carbonyl (C=O) groups is 3. The van der Waals surface area contributed by atoms with E-state index in [0.717, 1.165) is 21.2 Å². The van der Waals surface area contributed by atoms with E-state index in [-0.39, 0.29) is 23.4 Å². The third-order valence-corrected chi connectivity index (χ3v) is 9.39. The number of alkyl halides is 4. The molecule has 0 fully saturated rings. The summed E-state index contributed by atoms with van der Waals surface area (Å²) in [5.74, 6) is 5.80. The quantitative estimate of drug-likeness (QED) is 0.0619. The molecule has 2 unspecified atom stereocenters. The van der Waals surface area contributed by atoms with Crippen LogP contribution in [0.5, 0.6) is 11.5 Å². The highest BCUT2D eigenvalue weighted by Crippen LogP contribution is 2.41. The Morgan fingerprint density at radius 2 is 1.36 bits per heavy atom. The van der Waals surface area contributed by atoms with Crippen molar-refractivity contribution in [2.45, 2.75) is 37.4 Å². The molecule has 18 heteroatoms. The van der Waals surface area contributed by atoms with Crippen LogP contribution in [0.3, 0.4) is 0 Å². The van der Waals surface area contributed by atoms with Gasteiger partial charge in [-0.05, 0) is 59.2 Å². The molecule has 0 bridgehead atoms. The van der Waals surface area contributed by atoms with Gasteiger partial charge in [-0.2, -0.15) is 23.4 Å². The van der Waals surface area contributed by atoms with Crippen LogP contribution >= 0.6 is 0 Å². The van der Waals surface area contributed by atoms with Crippen LogP contribution in [0.15, 0.2) is 130 Å². The van der Waals surface area contributed by atoms with Crippen molar-refractivity contribution in [3.63, 3.8) is 0 Å². The first-order valence-electron chi connectivity index (χ1n) is 17.5. The average Bonchev–Trinajstić information content (AvgIpc) is 3.88. The largest absolute Gasteiger partial charge is 0.468 e. The minimum absolute atomic E-state index is 0.00877. The lowest BCUT2D eigenvalue weighted by atomic mass is 9.82. The number of hydrazine groups is 2. The average molecular weight is 802 g/mol. The molecule has 1 aromatic heterocycles. The van der Waals surface area contributed by atoms with E-state index in [1.54, 1.807) is 49.7 Å². The predicted octanol–water partition coefficient (Wildman–Crippen LogP) is 5.27. The highest BCUT2D eigenvalue weighted by molar-refractivity contribution is 6.09. The lowest BCUT2D eigenvalue weighted by molar-refractivity contribution is -0.722. The topological polar surface area (TPSA) is 181 Å². The molecule has 2 atom stereocenters. The summed E-state index contributed by atoms with van der Waals surface area (Å²) in [6.07, 6.45) is 2.27. The van der Waals surface area contributed by atoms with Crippen LogP contribution in [0, 0.1) is 0 Å². The van der Waals surface area contributed by atoms with Crippen LogP contribution in [0.25, 0.3) is 0 Å². The van der Waals surface area contributed by atoms with Gasteiger partial charge in [0.25, 0.3) is 11.4 Å². The number of rotatable bonds is 13. The fourth-order valence-electron chi connectivity index (χ4n) is 6.55. The van der Waals surface area contributed by atoms with Crippen LogP contribution in [-0.4, -0.2) is 66.2 Å². The molecule has 3 heterocycles. The number of nitrogens with one attached hydrogen (secondary N) is 1. The van der Waals surface area contributed by atoms with Crippen molar-refractivity contribution in [3.8, 4) is 11.5 Å². The molecule has 2 aliphatic heterocycles. The standard InChI is InChI=1S/C23H22F2N4O3.C17H15F2N4O3/c1-29-20(30)23(28-22(29)26,16-7-9-18(10-8-16)32-21(24)25)17-5-2-4-15(12-17)13-27-14-19-6-3-11-31-19;1-22-15(25)17(21-23(22)20,13-4-2-3-11(9-13)10-24)12-5-7-14(8-6-12)26-16(18)19/h2-12,21,27H,13-14H2,1H3,(H2,26,28);2-10,16H,1H3,(H2,20,21)/q;+1. The van der Waals surface area contributed by atoms with Crippen LogP contribution < -0.4 is 26.4 Å². The molecule has 2 aliphatic rings. The van der Waals surface area contributed by atoms with Crippen molar-refractivity contribution < 1.29 is 50.8 Å². The molecule has 0 saturated carbocycles. The van der Waals surface area contributed by atoms with E-state index in [1.807, 2.05) is 30.3 Å². The van der Waals surface area contributed by atoms with Gasteiger partial charge in [0.1, 0.15) is 28.5 Å². The van der Waals surface area contributed by atoms with Crippen molar-refractivity contribution in [1.82, 2.24) is 15.2 Å². The maximum atomic E-state index is 13.3. The van der Waals surface area contributed by atoms with E-state index < -0.39 is 30.2 Å². The van der Waals surface area contributed by atoms with Gasteiger partial charge in [-0.15, -0.1) is 0 Å². The van der Waals surface area contributed by atoms with E-state index in [2.05, 4.69) is 24.9 Å². The smallest absolute Gasteiger partial charge is 0.387 e. The molecule has 0 aliphatic carbocycles. The predicted molar refractivity (Wildman–Crippen MR) is 199 cm³/mol. The number of likely N-dealkylation sites (N-methyl/N-ethyl adjacent to an activating group) is 2. The molecular formula is C40H37F4N8O6+. The van der Waals surface area contributed by atoms with Gasteiger partial charge in [0.15, 0.2) is 11.5 Å². The summed E-state index contributed by atoms with van der Waals surface area (Å²) >= 11 is 0. The zero-order valence-corrected chi connectivity index (χ0v) is 31.0.